The molecule has 0 aliphatic carbocycles. The van der Waals surface area contributed by atoms with Gasteiger partial charge >= 0.3 is 0 Å². The van der Waals surface area contributed by atoms with Crippen LogP contribution in [-0.4, -0.2) is 30.5 Å². The van der Waals surface area contributed by atoms with E-state index in [2.05, 4.69) is 6.92 Å². The van der Waals surface area contributed by atoms with E-state index in [9.17, 15) is 4.79 Å². The van der Waals surface area contributed by atoms with E-state index >= 15 is 0 Å². The van der Waals surface area contributed by atoms with Crippen molar-refractivity contribution in [2.75, 3.05) is 25.4 Å². The molecule has 1 amide bonds. The first-order valence-electron chi connectivity index (χ1n) is 7.45. The molecule has 1 unspecified atom stereocenters. The van der Waals surface area contributed by atoms with Crippen LogP contribution in [0.4, 0.5) is 5.69 Å². The van der Waals surface area contributed by atoms with Crippen molar-refractivity contribution < 1.29 is 9.53 Å². The standard InChI is InChI=1S/C16H24N2O2/c1-2-13-3-8-16(19)18(10-9-13)11-12-20-15-6-4-14(17)5-7-15/h4-7,13H,2-3,8-12,17H2,1H3. The Balaban J connectivity index is 1.78. The van der Waals surface area contributed by atoms with E-state index in [1.165, 1.54) is 6.42 Å². The van der Waals surface area contributed by atoms with Crippen molar-refractivity contribution in [2.45, 2.75) is 32.6 Å². The number of nitrogen functional groups attached to an aromatic ring is 1. The molecule has 2 N–H and O–H groups in total. The number of rotatable bonds is 5. The van der Waals surface area contributed by atoms with Gasteiger partial charge in [-0.2, -0.15) is 0 Å². The molecule has 1 aromatic carbocycles. The van der Waals surface area contributed by atoms with E-state index in [4.69, 9.17) is 10.5 Å². The second-order valence-electron chi connectivity index (χ2n) is 5.40. The van der Waals surface area contributed by atoms with Gasteiger partial charge < -0.3 is 15.4 Å². The zero-order valence-corrected chi connectivity index (χ0v) is 12.2. The van der Waals surface area contributed by atoms with E-state index < -0.39 is 0 Å². The third-order valence-electron chi connectivity index (χ3n) is 4.01. The van der Waals surface area contributed by atoms with Crippen molar-refractivity contribution >= 4 is 11.6 Å². The summed E-state index contributed by atoms with van der Waals surface area (Å²) in [7, 11) is 0. The van der Waals surface area contributed by atoms with Crippen molar-refractivity contribution in [1.82, 2.24) is 4.90 Å². The highest BCUT2D eigenvalue weighted by Crippen LogP contribution is 2.21. The Morgan fingerprint density at radius 3 is 2.75 bits per heavy atom. The maximum absolute atomic E-state index is 12.0. The first-order valence-corrected chi connectivity index (χ1v) is 7.45. The zero-order chi connectivity index (χ0) is 14.4. The predicted molar refractivity (Wildman–Crippen MR) is 80.6 cm³/mol. The quantitative estimate of drug-likeness (QED) is 0.841. The molecule has 1 aromatic rings. The van der Waals surface area contributed by atoms with E-state index in [0.717, 1.165) is 30.8 Å². The van der Waals surface area contributed by atoms with Crippen molar-refractivity contribution in [3.63, 3.8) is 0 Å². The third-order valence-corrected chi connectivity index (χ3v) is 4.01. The first kappa shape index (κ1) is 14.7. The fourth-order valence-corrected chi connectivity index (χ4v) is 2.58. The van der Waals surface area contributed by atoms with Crippen molar-refractivity contribution in [1.29, 1.82) is 0 Å². The number of hydrogen-bond acceptors (Lipinski definition) is 3. The molecule has 1 atom stereocenters. The van der Waals surface area contributed by atoms with E-state index in [-0.39, 0.29) is 5.91 Å². The van der Waals surface area contributed by atoms with Crippen molar-refractivity contribution in [2.24, 2.45) is 5.92 Å². The summed E-state index contributed by atoms with van der Waals surface area (Å²) in [6.07, 6.45) is 4.00. The highest BCUT2D eigenvalue weighted by molar-refractivity contribution is 5.76. The Morgan fingerprint density at radius 2 is 2.05 bits per heavy atom. The zero-order valence-electron chi connectivity index (χ0n) is 12.2. The lowest BCUT2D eigenvalue weighted by Gasteiger charge is -2.21. The van der Waals surface area contributed by atoms with Crippen LogP contribution in [-0.2, 0) is 4.79 Å². The van der Waals surface area contributed by atoms with Gasteiger partial charge in [0.05, 0.1) is 6.54 Å². The monoisotopic (exact) mass is 276 g/mol. The molecule has 0 saturated carbocycles. The fraction of sp³-hybridized carbons (Fsp3) is 0.562. The molecule has 1 aliphatic rings. The topological polar surface area (TPSA) is 55.6 Å². The normalized spacial score (nSPS) is 19.8. The van der Waals surface area contributed by atoms with Gasteiger partial charge in [-0.05, 0) is 43.0 Å². The number of likely N-dealkylation sites (tertiary alicyclic amines) is 1. The number of benzene rings is 1. The summed E-state index contributed by atoms with van der Waals surface area (Å²) in [5.74, 6) is 1.76. The lowest BCUT2D eigenvalue weighted by atomic mass is 9.98. The molecule has 0 radical (unpaired) electrons. The fourth-order valence-electron chi connectivity index (χ4n) is 2.58. The SMILES string of the molecule is CCC1CCC(=O)N(CCOc2ccc(N)cc2)CC1. The lowest BCUT2D eigenvalue weighted by Crippen LogP contribution is -2.34. The summed E-state index contributed by atoms with van der Waals surface area (Å²) in [5.41, 5.74) is 6.35. The maximum Gasteiger partial charge on any atom is 0.222 e. The molecule has 20 heavy (non-hydrogen) atoms. The van der Waals surface area contributed by atoms with Gasteiger partial charge in [-0.3, -0.25) is 4.79 Å². The minimum atomic E-state index is 0.266. The first-order chi connectivity index (χ1) is 9.69. The van der Waals surface area contributed by atoms with E-state index in [1.54, 1.807) is 0 Å². The number of carbonyl (C=O) groups excluding carboxylic acids is 1. The van der Waals surface area contributed by atoms with E-state index in [1.807, 2.05) is 29.2 Å². The third kappa shape index (κ3) is 4.15. The molecule has 1 aliphatic heterocycles. The number of hydrogen-bond donors (Lipinski definition) is 1. The van der Waals surface area contributed by atoms with Crippen LogP contribution in [0.25, 0.3) is 0 Å². The maximum atomic E-state index is 12.0. The summed E-state index contributed by atoms with van der Waals surface area (Å²) in [6, 6.07) is 7.34. The van der Waals surface area contributed by atoms with Gasteiger partial charge in [0, 0.05) is 18.7 Å². The molecule has 4 nitrogen and oxygen atoms in total. The van der Waals surface area contributed by atoms with Gasteiger partial charge in [-0.1, -0.05) is 13.3 Å². The van der Waals surface area contributed by atoms with Crippen LogP contribution < -0.4 is 10.5 Å². The summed E-state index contributed by atoms with van der Waals surface area (Å²) >= 11 is 0. The number of ether oxygens (including phenoxy) is 1. The van der Waals surface area contributed by atoms with Crippen LogP contribution in [0, 0.1) is 5.92 Å². The van der Waals surface area contributed by atoms with E-state index in [0.29, 0.717) is 25.5 Å². The number of anilines is 1. The van der Waals surface area contributed by atoms with Gasteiger partial charge in [-0.15, -0.1) is 0 Å². The van der Waals surface area contributed by atoms with Gasteiger partial charge in [-0.25, -0.2) is 0 Å². The molecule has 1 saturated heterocycles. The Labute approximate surface area is 120 Å². The second-order valence-corrected chi connectivity index (χ2v) is 5.40. The van der Waals surface area contributed by atoms with Crippen molar-refractivity contribution in [3.05, 3.63) is 24.3 Å². The molecule has 2 rings (SSSR count). The minimum Gasteiger partial charge on any atom is -0.492 e. The summed E-state index contributed by atoms with van der Waals surface area (Å²) in [5, 5.41) is 0. The number of amides is 1. The summed E-state index contributed by atoms with van der Waals surface area (Å²) in [6.45, 7) is 4.27. The minimum absolute atomic E-state index is 0.266. The summed E-state index contributed by atoms with van der Waals surface area (Å²) < 4.78 is 5.66. The molecule has 0 spiro atoms. The lowest BCUT2D eigenvalue weighted by molar-refractivity contribution is -0.131. The number of nitrogens with zero attached hydrogens (tertiary/aromatic N) is 1. The van der Waals surface area contributed by atoms with Crippen LogP contribution in [0.3, 0.4) is 0 Å². The second kappa shape index (κ2) is 7.17. The molecule has 110 valence electrons. The van der Waals surface area contributed by atoms with Gasteiger partial charge in [0.15, 0.2) is 0 Å². The summed E-state index contributed by atoms with van der Waals surface area (Å²) in [4.78, 5) is 14.0. The highest BCUT2D eigenvalue weighted by atomic mass is 16.5. The largest absolute Gasteiger partial charge is 0.492 e. The van der Waals surface area contributed by atoms with Crippen LogP contribution in [0.15, 0.2) is 24.3 Å². The van der Waals surface area contributed by atoms with Crippen LogP contribution in [0.1, 0.15) is 32.6 Å². The average molecular weight is 276 g/mol. The molecular weight excluding hydrogens is 252 g/mol. The Kier molecular flexibility index (Phi) is 5.27. The molecule has 0 bridgehead atoms. The average Bonchev–Trinajstić information content (AvgIpc) is 2.64. The van der Waals surface area contributed by atoms with Gasteiger partial charge in [0.25, 0.3) is 0 Å². The van der Waals surface area contributed by atoms with Gasteiger partial charge in [0.1, 0.15) is 12.4 Å². The Bertz CT molecular complexity index is 431. The van der Waals surface area contributed by atoms with Crippen LogP contribution in [0.5, 0.6) is 5.75 Å². The molecule has 1 fully saturated rings. The van der Waals surface area contributed by atoms with Crippen molar-refractivity contribution in [3.8, 4) is 5.75 Å². The number of nitrogens with two attached hydrogens (primary N) is 1. The molecule has 1 heterocycles. The molecular formula is C16H24N2O2. The molecule has 4 heteroatoms. The Hall–Kier alpha value is -1.71. The Morgan fingerprint density at radius 1 is 1.30 bits per heavy atom. The predicted octanol–water partition coefficient (Wildman–Crippen LogP) is 2.69. The number of carbonyl (C=O) groups is 1. The molecule has 0 aromatic heterocycles. The smallest absolute Gasteiger partial charge is 0.222 e. The van der Waals surface area contributed by atoms with Crippen LogP contribution in [0.2, 0.25) is 0 Å². The van der Waals surface area contributed by atoms with Crippen LogP contribution >= 0.6 is 0 Å². The highest BCUT2D eigenvalue weighted by Gasteiger charge is 2.21. The van der Waals surface area contributed by atoms with Gasteiger partial charge in [0.2, 0.25) is 5.91 Å².